The Morgan fingerprint density at radius 2 is 2.00 bits per heavy atom. The predicted molar refractivity (Wildman–Crippen MR) is 128 cm³/mol. The zero-order valence-corrected chi connectivity index (χ0v) is 19.1. The molecule has 0 radical (unpaired) electrons. The van der Waals surface area contributed by atoms with Crippen LogP contribution in [-0.2, 0) is 4.79 Å². The fourth-order valence-corrected chi connectivity index (χ4v) is 3.68. The van der Waals surface area contributed by atoms with Crippen LogP contribution in [0.5, 0.6) is 5.75 Å². The van der Waals surface area contributed by atoms with Crippen molar-refractivity contribution in [1.29, 1.82) is 0 Å². The third kappa shape index (κ3) is 4.94. The first-order valence-electron chi connectivity index (χ1n) is 10.6. The topological polar surface area (TPSA) is 64.4 Å². The van der Waals surface area contributed by atoms with Crippen molar-refractivity contribution in [2.24, 2.45) is 0 Å². The molecule has 0 bridgehead atoms. The van der Waals surface area contributed by atoms with Crippen LogP contribution in [-0.4, -0.2) is 17.5 Å². The molecule has 6 heteroatoms. The maximum absolute atomic E-state index is 12.4. The number of carbonyl (C=O) groups is 1. The number of anilines is 1. The Hall–Kier alpha value is -3.31. The summed E-state index contributed by atoms with van der Waals surface area (Å²) in [5.74, 6) is 1.36. The zero-order chi connectivity index (χ0) is 22.7. The van der Waals surface area contributed by atoms with Crippen LogP contribution in [0.25, 0.3) is 22.6 Å². The van der Waals surface area contributed by atoms with Crippen molar-refractivity contribution in [3.63, 3.8) is 0 Å². The number of rotatable bonds is 7. The molecule has 0 fully saturated rings. The molecule has 3 aromatic carbocycles. The summed E-state index contributed by atoms with van der Waals surface area (Å²) in [6, 6.07) is 18.8. The van der Waals surface area contributed by atoms with Gasteiger partial charge in [0, 0.05) is 16.3 Å². The summed E-state index contributed by atoms with van der Waals surface area (Å²) in [6.45, 7) is 6.15. The predicted octanol–water partition coefficient (Wildman–Crippen LogP) is 6.99. The molecule has 32 heavy (non-hydrogen) atoms. The number of nitrogens with one attached hydrogen (secondary N) is 1. The lowest BCUT2D eigenvalue weighted by Crippen LogP contribution is -2.20. The van der Waals surface area contributed by atoms with E-state index in [1.807, 2.05) is 37.3 Å². The third-order valence-electron chi connectivity index (χ3n) is 5.48. The minimum atomic E-state index is -0.257. The number of benzene rings is 3. The van der Waals surface area contributed by atoms with Crippen LogP contribution in [0.4, 0.5) is 5.69 Å². The number of hydrogen-bond donors (Lipinski definition) is 1. The van der Waals surface area contributed by atoms with E-state index in [1.165, 1.54) is 5.56 Å². The van der Waals surface area contributed by atoms with Gasteiger partial charge < -0.3 is 14.5 Å². The number of aryl methyl sites for hydroxylation is 1. The molecule has 5 nitrogen and oxygen atoms in total. The molecule has 1 atom stereocenters. The standard InChI is InChI=1S/C26H25ClN2O3/c1-4-16(2)18-8-10-24-22(14-18)29-26(32-24)19-6-5-7-21(13-19)28-25(30)15-31-23-11-9-20(27)12-17(23)3/h5-14,16H,4,15H2,1-3H3,(H,28,30). The molecule has 0 aliphatic rings. The van der Waals surface area contributed by atoms with Gasteiger partial charge in [-0.3, -0.25) is 4.79 Å². The number of nitrogens with zero attached hydrogens (tertiary/aromatic N) is 1. The van der Waals surface area contributed by atoms with Crippen molar-refractivity contribution in [2.45, 2.75) is 33.1 Å². The molecule has 0 aliphatic heterocycles. The summed E-state index contributed by atoms with van der Waals surface area (Å²) in [7, 11) is 0. The molecule has 0 saturated carbocycles. The monoisotopic (exact) mass is 448 g/mol. The van der Waals surface area contributed by atoms with E-state index in [0.717, 1.165) is 28.6 Å². The molecule has 0 saturated heterocycles. The summed E-state index contributed by atoms with van der Waals surface area (Å²) in [4.78, 5) is 17.0. The quantitative estimate of drug-likeness (QED) is 0.331. The maximum atomic E-state index is 12.4. The van der Waals surface area contributed by atoms with Crippen LogP contribution in [0.3, 0.4) is 0 Å². The summed E-state index contributed by atoms with van der Waals surface area (Å²) < 4.78 is 11.6. The molecule has 4 rings (SSSR count). The second kappa shape index (κ2) is 9.45. The smallest absolute Gasteiger partial charge is 0.262 e. The van der Waals surface area contributed by atoms with E-state index in [1.54, 1.807) is 18.2 Å². The number of halogens is 1. The van der Waals surface area contributed by atoms with Crippen LogP contribution >= 0.6 is 11.6 Å². The van der Waals surface area contributed by atoms with Crippen LogP contribution < -0.4 is 10.1 Å². The van der Waals surface area contributed by atoms with E-state index >= 15 is 0 Å². The molecular formula is C26H25ClN2O3. The first kappa shape index (κ1) is 21.9. The van der Waals surface area contributed by atoms with Gasteiger partial charge in [-0.15, -0.1) is 0 Å². The van der Waals surface area contributed by atoms with Crippen molar-refractivity contribution < 1.29 is 13.9 Å². The minimum Gasteiger partial charge on any atom is -0.483 e. The van der Waals surface area contributed by atoms with Gasteiger partial charge in [0.2, 0.25) is 5.89 Å². The van der Waals surface area contributed by atoms with Gasteiger partial charge in [0.15, 0.2) is 12.2 Å². The molecule has 164 valence electrons. The molecule has 1 unspecified atom stereocenters. The van der Waals surface area contributed by atoms with E-state index in [-0.39, 0.29) is 12.5 Å². The van der Waals surface area contributed by atoms with Crippen LogP contribution in [0, 0.1) is 6.92 Å². The van der Waals surface area contributed by atoms with E-state index in [9.17, 15) is 4.79 Å². The Kier molecular flexibility index (Phi) is 6.47. The highest BCUT2D eigenvalue weighted by Gasteiger charge is 2.12. The first-order valence-corrected chi connectivity index (χ1v) is 11.0. The van der Waals surface area contributed by atoms with Gasteiger partial charge in [-0.2, -0.15) is 0 Å². The van der Waals surface area contributed by atoms with Crippen molar-refractivity contribution >= 4 is 34.3 Å². The van der Waals surface area contributed by atoms with E-state index < -0.39 is 0 Å². The number of carbonyl (C=O) groups excluding carboxylic acids is 1. The number of aromatic nitrogens is 1. The number of ether oxygens (including phenoxy) is 1. The third-order valence-corrected chi connectivity index (χ3v) is 5.72. The highest BCUT2D eigenvalue weighted by atomic mass is 35.5. The SMILES string of the molecule is CCC(C)c1ccc2oc(-c3cccc(NC(=O)COc4ccc(Cl)cc4C)c3)nc2c1. The second-order valence-corrected chi connectivity index (χ2v) is 8.32. The lowest BCUT2D eigenvalue weighted by atomic mass is 9.98. The normalized spacial score (nSPS) is 12.0. The summed E-state index contributed by atoms with van der Waals surface area (Å²) in [5, 5.41) is 3.49. The summed E-state index contributed by atoms with van der Waals surface area (Å²) in [6.07, 6.45) is 1.07. The van der Waals surface area contributed by atoms with Crippen molar-refractivity contribution in [3.05, 3.63) is 76.8 Å². The Morgan fingerprint density at radius 1 is 1.16 bits per heavy atom. The largest absolute Gasteiger partial charge is 0.483 e. The second-order valence-electron chi connectivity index (χ2n) is 7.88. The van der Waals surface area contributed by atoms with Crippen LogP contribution in [0.15, 0.2) is 65.1 Å². The highest BCUT2D eigenvalue weighted by Crippen LogP contribution is 2.29. The van der Waals surface area contributed by atoms with Gasteiger partial charge in [0.1, 0.15) is 11.3 Å². The van der Waals surface area contributed by atoms with E-state index in [4.69, 9.17) is 20.8 Å². The zero-order valence-electron chi connectivity index (χ0n) is 18.3. The number of hydrogen-bond acceptors (Lipinski definition) is 4. The molecule has 1 aromatic heterocycles. The molecule has 1 heterocycles. The highest BCUT2D eigenvalue weighted by molar-refractivity contribution is 6.30. The fourth-order valence-electron chi connectivity index (χ4n) is 3.46. The van der Waals surface area contributed by atoms with Crippen molar-refractivity contribution in [3.8, 4) is 17.2 Å². The van der Waals surface area contributed by atoms with Gasteiger partial charge in [-0.25, -0.2) is 4.98 Å². The Labute approximate surface area is 192 Å². The lowest BCUT2D eigenvalue weighted by Gasteiger charge is -2.10. The number of fused-ring (bicyclic) bond motifs is 1. The number of amides is 1. The van der Waals surface area contributed by atoms with Crippen LogP contribution in [0.2, 0.25) is 5.02 Å². The molecule has 0 spiro atoms. The van der Waals surface area contributed by atoms with Crippen molar-refractivity contribution in [1.82, 2.24) is 4.98 Å². The molecular weight excluding hydrogens is 424 g/mol. The molecule has 1 N–H and O–H groups in total. The Bertz CT molecular complexity index is 1270. The summed E-state index contributed by atoms with van der Waals surface area (Å²) in [5.41, 5.74) is 5.13. The fraction of sp³-hybridized carbons (Fsp3) is 0.231. The van der Waals surface area contributed by atoms with Crippen molar-refractivity contribution in [2.75, 3.05) is 11.9 Å². The van der Waals surface area contributed by atoms with E-state index in [0.29, 0.717) is 28.3 Å². The Balaban J connectivity index is 1.46. The average Bonchev–Trinajstić information content (AvgIpc) is 3.21. The molecule has 0 aliphatic carbocycles. The van der Waals surface area contributed by atoms with Gasteiger partial charge in [-0.1, -0.05) is 37.6 Å². The van der Waals surface area contributed by atoms with E-state index in [2.05, 4.69) is 36.3 Å². The Morgan fingerprint density at radius 3 is 2.78 bits per heavy atom. The minimum absolute atomic E-state index is 0.103. The lowest BCUT2D eigenvalue weighted by molar-refractivity contribution is -0.118. The number of oxazole rings is 1. The van der Waals surface area contributed by atoms with Gasteiger partial charge >= 0.3 is 0 Å². The van der Waals surface area contributed by atoms with Gasteiger partial charge in [0.25, 0.3) is 5.91 Å². The van der Waals surface area contributed by atoms with Crippen LogP contribution in [0.1, 0.15) is 37.3 Å². The first-order chi connectivity index (χ1) is 15.4. The molecule has 4 aromatic rings. The molecule has 1 amide bonds. The maximum Gasteiger partial charge on any atom is 0.262 e. The average molecular weight is 449 g/mol. The van der Waals surface area contributed by atoms with Gasteiger partial charge in [-0.05, 0) is 78.9 Å². The van der Waals surface area contributed by atoms with Gasteiger partial charge in [0.05, 0.1) is 0 Å². The summed E-state index contributed by atoms with van der Waals surface area (Å²) >= 11 is 5.96.